The Labute approximate surface area is 84.3 Å². The zero-order valence-corrected chi connectivity index (χ0v) is 8.78. The molecule has 0 spiro atoms. The Morgan fingerprint density at radius 2 is 2.15 bits per heavy atom. The predicted molar refractivity (Wildman–Crippen MR) is 55.7 cm³/mol. The van der Waals surface area contributed by atoms with Crippen molar-refractivity contribution in [3.05, 3.63) is 0 Å². The molecule has 1 heterocycles. The van der Waals surface area contributed by atoms with Crippen LogP contribution < -0.4 is 0 Å². The van der Waals surface area contributed by atoms with E-state index in [0.717, 1.165) is 19.4 Å². The third kappa shape index (κ3) is 2.38. The van der Waals surface area contributed by atoms with Crippen molar-refractivity contribution in [2.45, 2.75) is 19.3 Å². The molecule has 2 aliphatic rings. The van der Waals surface area contributed by atoms with Gasteiger partial charge in [0.2, 0.25) is 0 Å². The Balaban J connectivity index is 1.83. The quantitative estimate of drug-likeness (QED) is 0.673. The first-order valence-corrected chi connectivity index (χ1v) is 6.22. The molecule has 1 aliphatic heterocycles. The molecule has 0 unspecified atom stereocenters. The van der Waals surface area contributed by atoms with Crippen molar-refractivity contribution >= 4 is 11.8 Å². The molecule has 72 valence electrons. The van der Waals surface area contributed by atoms with Gasteiger partial charge in [0.25, 0.3) is 0 Å². The number of nitriles is 1. The van der Waals surface area contributed by atoms with Crippen LogP contribution in [-0.4, -0.2) is 36.0 Å². The normalized spacial score (nSPS) is 27.6. The van der Waals surface area contributed by atoms with Crippen molar-refractivity contribution in [3.8, 4) is 6.07 Å². The summed E-state index contributed by atoms with van der Waals surface area (Å²) >= 11 is 2.05. The number of thioether (sulfide) groups is 1. The maximum Gasteiger partial charge on any atom is 0.0703 e. The van der Waals surface area contributed by atoms with Crippen LogP contribution >= 0.6 is 11.8 Å². The topological polar surface area (TPSA) is 27.0 Å². The molecule has 2 nitrogen and oxygen atoms in total. The van der Waals surface area contributed by atoms with Crippen molar-refractivity contribution in [2.24, 2.45) is 5.41 Å². The monoisotopic (exact) mass is 196 g/mol. The van der Waals surface area contributed by atoms with Crippen LogP contribution in [0.25, 0.3) is 0 Å². The second-order valence-electron chi connectivity index (χ2n) is 4.13. The molecule has 0 N–H and O–H groups in total. The van der Waals surface area contributed by atoms with Crippen LogP contribution in [0.15, 0.2) is 0 Å². The van der Waals surface area contributed by atoms with Gasteiger partial charge in [-0.1, -0.05) is 0 Å². The summed E-state index contributed by atoms with van der Waals surface area (Å²) in [5.41, 5.74) is 0.0645. The van der Waals surface area contributed by atoms with E-state index in [-0.39, 0.29) is 5.41 Å². The van der Waals surface area contributed by atoms with Gasteiger partial charge in [-0.2, -0.15) is 17.0 Å². The van der Waals surface area contributed by atoms with Gasteiger partial charge in [-0.15, -0.1) is 0 Å². The van der Waals surface area contributed by atoms with E-state index in [1.807, 2.05) is 11.8 Å². The summed E-state index contributed by atoms with van der Waals surface area (Å²) in [6.07, 6.45) is 3.56. The van der Waals surface area contributed by atoms with Crippen LogP contribution in [0.5, 0.6) is 0 Å². The maximum absolute atomic E-state index is 8.98. The minimum atomic E-state index is 0.0645. The van der Waals surface area contributed by atoms with Crippen molar-refractivity contribution in [3.63, 3.8) is 0 Å². The Bertz CT molecular complexity index is 209. The first kappa shape index (κ1) is 9.36. The lowest BCUT2D eigenvalue weighted by Gasteiger charge is -2.21. The molecule has 0 aromatic rings. The molecule has 2 rings (SSSR count). The fourth-order valence-corrected chi connectivity index (χ4v) is 2.76. The van der Waals surface area contributed by atoms with Crippen LogP contribution in [0, 0.1) is 16.7 Å². The Morgan fingerprint density at radius 3 is 2.85 bits per heavy atom. The number of rotatable bonds is 2. The number of hydrogen-bond acceptors (Lipinski definition) is 3. The fraction of sp³-hybridized carbons (Fsp3) is 0.900. The smallest absolute Gasteiger partial charge is 0.0703 e. The molecule has 3 heteroatoms. The van der Waals surface area contributed by atoms with E-state index < -0.39 is 0 Å². The van der Waals surface area contributed by atoms with E-state index in [1.165, 1.54) is 31.0 Å². The molecular weight excluding hydrogens is 180 g/mol. The van der Waals surface area contributed by atoms with E-state index in [9.17, 15) is 0 Å². The van der Waals surface area contributed by atoms with Crippen molar-refractivity contribution in [2.75, 3.05) is 31.1 Å². The first-order chi connectivity index (χ1) is 6.35. The summed E-state index contributed by atoms with van der Waals surface area (Å²) in [6, 6.07) is 2.47. The van der Waals surface area contributed by atoms with Crippen LogP contribution in [-0.2, 0) is 0 Å². The average molecular weight is 196 g/mol. The summed E-state index contributed by atoms with van der Waals surface area (Å²) in [7, 11) is 0. The van der Waals surface area contributed by atoms with Gasteiger partial charge in [0, 0.05) is 18.8 Å². The van der Waals surface area contributed by atoms with E-state index >= 15 is 0 Å². The highest BCUT2D eigenvalue weighted by Crippen LogP contribution is 2.45. The lowest BCUT2D eigenvalue weighted by molar-refractivity contribution is 0.261. The van der Waals surface area contributed by atoms with Gasteiger partial charge in [-0.3, -0.25) is 0 Å². The lowest BCUT2D eigenvalue weighted by Crippen LogP contribution is -2.31. The molecule has 0 radical (unpaired) electrons. The Morgan fingerprint density at radius 1 is 1.31 bits per heavy atom. The molecule has 13 heavy (non-hydrogen) atoms. The third-order valence-corrected chi connectivity index (χ3v) is 3.98. The molecule has 0 aromatic heterocycles. The van der Waals surface area contributed by atoms with Crippen molar-refractivity contribution in [1.29, 1.82) is 5.26 Å². The largest absolute Gasteiger partial charge is 0.301 e. The second kappa shape index (κ2) is 3.89. The van der Waals surface area contributed by atoms with E-state index in [1.54, 1.807) is 0 Å². The van der Waals surface area contributed by atoms with Crippen LogP contribution in [0.3, 0.4) is 0 Å². The van der Waals surface area contributed by atoms with Gasteiger partial charge in [0.1, 0.15) is 0 Å². The van der Waals surface area contributed by atoms with E-state index in [0.29, 0.717) is 0 Å². The molecule has 0 bridgehead atoms. The van der Waals surface area contributed by atoms with E-state index in [2.05, 4.69) is 11.0 Å². The van der Waals surface area contributed by atoms with Gasteiger partial charge in [0.05, 0.1) is 11.5 Å². The second-order valence-corrected chi connectivity index (χ2v) is 5.36. The molecule has 2 fully saturated rings. The SMILES string of the molecule is N#CC1(CN2CCCSCC2)CC1. The number of hydrogen-bond donors (Lipinski definition) is 0. The highest BCUT2D eigenvalue weighted by atomic mass is 32.2. The molecular formula is C10H16N2S. The van der Waals surface area contributed by atoms with Gasteiger partial charge in [-0.05, 0) is 31.6 Å². The lowest BCUT2D eigenvalue weighted by atomic mass is 10.1. The molecule has 0 amide bonds. The Hall–Kier alpha value is -0.200. The van der Waals surface area contributed by atoms with Gasteiger partial charge in [-0.25, -0.2) is 0 Å². The standard InChI is InChI=1S/C10H16N2S/c11-8-10(2-3-10)9-12-4-1-6-13-7-5-12/h1-7,9H2. The highest BCUT2D eigenvalue weighted by molar-refractivity contribution is 7.99. The van der Waals surface area contributed by atoms with Crippen molar-refractivity contribution in [1.82, 2.24) is 4.90 Å². The summed E-state index contributed by atoms with van der Waals surface area (Å²) < 4.78 is 0. The highest BCUT2D eigenvalue weighted by Gasteiger charge is 2.44. The van der Waals surface area contributed by atoms with Crippen LogP contribution in [0.2, 0.25) is 0 Å². The first-order valence-electron chi connectivity index (χ1n) is 5.06. The summed E-state index contributed by atoms with van der Waals surface area (Å²) in [4.78, 5) is 2.48. The molecule has 0 atom stereocenters. The summed E-state index contributed by atoms with van der Waals surface area (Å²) in [5, 5.41) is 8.98. The van der Waals surface area contributed by atoms with E-state index in [4.69, 9.17) is 5.26 Å². The molecule has 1 aliphatic carbocycles. The molecule has 0 aromatic carbocycles. The average Bonchev–Trinajstić information content (AvgIpc) is 2.92. The number of nitrogens with zero attached hydrogens (tertiary/aromatic N) is 2. The fourth-order valence-electron chi connectivity index (χ4n) is 1.84. The molecule has 1 saturated carbocycles. The summed E-state index contributed by atoms with van der Waals surface area (Å²) in [5.74, 6) is 2.55. The minimum absolute atomic E-state index is 0.0645. The predicted octanol–water partition coefficient (Wildman–Crippen LogP) is 1.73. The Kier molecular flexibility index (Phi) is 2.80. The minimum Gasteiger partial charge on any atom is -0.301 e. The zero-order valence-electron chi connectivity index (χ0n) is 7.96. The zero-order chi connectivity index (χ0) is 9.15. The van der Waals surface area contributed by atoms with Crippen LogP contribution in [0.1, 0.15) is 19.3 Å². The van der Waals surface area contributed by atoms with Gasteiger partial charge < -0.3 is 4.90 Å². The van der Waals surface area contributed by atoms with Crippen molar-refractivity contribution < 1.29 is 0 Å². The van der Waals surface area contributed by atoms with Crippen LogP contribution in [0.4, 0.5) is 0 Å². The third-order valence-electron chi connectivity index (χ3n) is 2.93. The molecule has 1 saturated heterocycles. The van der Waals surface area contributed by atoms with Gasteiger partial charge in [0.15, 0.2) is 0 Å². The maximum atomic E-state index is 8.98. The summed E-state index contributed by atoms with van der Waals surface area (Å²) in [6.45, 7) is 3.43. The van der Waals surface area contributed by atoms with Gasteiger partial charge >= 0.3 is 0 Å².